The molecule has 0 aliphatic heterocycles. The summed E-state index contributed by atoms with van der Waals surface area (Å²) in [4.78, 5) is 0. The molecule has 0 saturated heterocycles. The first-order valence-corrected chi connectivity index (χ1v) is 8.97. The first kappa shape index (κ1) is 16.8. The van der Waals surface area contributed by atoms with Crippen LogP contribution in [0.2, 0.25) is 0 Å². The number of halogens is 1. The van der Waals surface area contributed by atoms with Gasteiger partial charge < -0.3 is 9.30 Å². The largest absolute Gasteiger partial charge is 0.383 e. The number of benzene rings is 1. The summed E-state index contributed by atoms with van der Waals surface area (Å²) in [6.07, 6.45) is 5.30. The summed E-state index contributed by atoms with van der Waals surface area (Å²) >= 11 is 9.04. The topological polar surface area (TPSA) is 44.0 Å². The van der Waals surface area contributed by atoms with Gasteiger partial charge in [-0.1, -0.05) is 28.1 Å². The fraction of sp³-hybridized carbons (Fsp3) is 0.500. The summed E-state index contributed by atoms with van der Waals surface area (Å²) in [6, 6.07) is 8.53. The molecule has 0 bridgehead atoms. The van der Waals surface area contributed by atoms with E-state index in [4.69, 9.17) is 17.0 Å². The van der Waals surface area contributed by atoms with Crippen LogP contribution in [-0.2, 0) is 23.5 Å². The molecule has 0 spiro atoms. The maximum atomic E-state index is 5.48. The van der Waals surface area contributed by atoms with Crippen LogP contribution in [-0.4, -0.2) is 28.1 Å². The third-order valence-electron chi connectivity index (χ3n) is 4.48. The first-order valence-electron chi connectivity index (χ1n) is 7.77. The molecule has 0 radical (unpaired) electrons. The molecule has 0 unspecified atom stereocenters. The van der Waals surface area contributed by atoms with Crippen LogP contribution in [0.4, 0.5) is 0 Å². The second kappa shape index (κ2) is 7.25. The molecule has 0 atom stereocenters. The summed E-state index contributed by atoms with van der Waals surface area (Å²) in [6.45, 7) is 1.98. The van der Waals surface area contributed by atoms with Gasteiger partial charge >= 0.3 is 0 Å². The van der Waals surface area contributed by atoms with E-state index in [1.54, 1.807) is 13.4 Å². The minimum atomic E-state index is 0.0366. The van der Waals surface area contributed by atoms with Crippen LogP contribution in [0.1, 0.15) is 24.8 Å². The number of aromatic nitrogens is 3. The van der Waals surface area contributed by atoms with E-state index < -0.39 is 0 Å². The smallest absolute Gasteiger partial charge is 0.198 e. The second-order valence-corrected chi connectivity index (χ2v) is 7.16. The van der Waals surface area contributed by atoms with Gasteiger partial charge in [0.2, 0.25) is 0 Å². The molecule has 23 heavy (non-hydrogen) atoms. The standard InChI is InChI=1S/C16H21BrN4OS/c1-22-9-8-20-12-19-21(15(20)23)11-18-16(6-3-7-16)13-4-2-5-14(17)10-13/h2,4-5,10,12,18H,3,6-9,11H2,1H3. The normalized spacial score (nSPS) is 16.3. The molecule has 0 amide bonds. The molecule has 1 aromatic carbocycles. The predicted molar refractivity (Wildman–Crippen MR) is 95.7 cm³/mol. The highest BCUT2D eigenvalue weighted by Gasteiger charge is 2.38. The summed E-state index contributed by atoms with van der Waals surface area (Å²) in [5.74, 6) is 0. The van der Waals surface area contributed by atoms with Crippen molar-refractivity contribution in [1.82, 2.24) is 19.7 Å². The molecule has 7 heteroatoms. The van der Waals surface area contributed by atoms with Crippen LogP contribution in [0, 0.1) is 4.77 Å². The Morgan fingerprint density at radius 2 is 2.26 bits per heavy atom. The minimum absolute atomic E-state index is 0.0366. The zero-order valence-electron chi connectivity index (χ0n) is 13.2. The van der Waals surface area contributed by atoms with Gasteiger partial charge in [-0.3, -0.25) is 5.32 Å². The Bertz CT molecular complexity index is 723. The van der Waals surface area contributed by atoms with Crippen molar-refractivity contribution >= 4 is 28.1 Å². The van der Waals surface area contributed by atoms with Crippen LogP contribution >= 0.6 is 28.1 Å². The molecule has 1 aliphatic rings. The van der Waals surface area contributed by atoms with Crippen molar-refractivity contribution in [3.8, 4) is 0 Å². The number of nitrogens with zero attached hydrogens (tertiary/aromatic N) is 3. The van der Waals surface area contributed by atoms with Crippen molar-refractivity contribution in [2.75, 3.05) is 13.7 Å². The van der Waals surface area contributed by atoms with Crippen molar-refractivity contribution < 1.29 is 4.74 Å². The van der Waals surface area contributed by atoms with Crippen molar-refractivity contribution in [3.63, 3.8) is 0 Å². The number of nitrogens with one attached hydrogen (secondary N) is 1. The number of ether oxygens (including phenoxy) is 1. The van der Waals surface area contributed by atoms with Gasteiger partial charge in [-0.2, -0.15) is 5.10 Å². The Morgan fingerprint density at radius 3 is 2.91 bits per heavy atom. The molecule has 124 valence electrons. The van der Waals surface area contributed by atoms with Gasteiger partial charge in [-0.25, -0.2) is 4.68 Å². The zero-order valence-corrected chi connectivity index (χ0v) is 15.6. The Hall–Kier alpha value is -1.02. The average Bonchev–Trinajstić information content (AvgIpc) is 2.85. The lowest BCUT2D eigenvalue weighted by molar-refractivity contribution is 0.165. The minimum Gasteiger partial charge on any atom is -0.383 e. The lowest BCUT2D eigenvalue weighted by Gasteiger charge is -2.43. The molecule has 1 aliphatic carbocycles. The zero-order chi connectivity index (χ0) is 16.3. The van der Waals surface area contributed by atoms with Gasteiger partial charge in [0.25, 0.3) is 0 Å². The van der Waals surface area contributed by atoms with E-state index in [2.05, 4.69) is 50.6 Å². The van der Waals surface area contributed by atoms with Crippen molar-refractivity contribution in [3.05, 3.63) is 45.4 Å². The van der Waals surface area contributed by atoms with Crippen molar-refractivity contribution in [2.45, 2.75) is 38.0 Å². The molecule has 5 nitrogen and oxygen atoms in total. The first-order chi connectivity index (χ1) is 11.1. The van der Waals surface area contributed by atoms with Gasteiger partial charge in [0.15, 0.2) is 4.77 Å². The van der Waals surface area contributed by atoms with Crippen LogP contribution in [0.3, 0.4) is 0 Å². The van der Waals surface area contributed by atoms with Crippen LogP contribution in [0.15, 0.2) is 35.1 Å². The van der Waals surface area contributed by atoms with E-state index in [1.807, 2.05) is 9.25 Å². The fourth-order valence-corrected chi connectivity index (χ4v) is 3.58. The van der Waals surface area contributed by atoms with Gasteiger partial charge in [-0.05, 0) is 49.2 Å². The molecule has 1 N–H and O–H groups in total. The van der Waals surface area contributed by atoms with E-state index in [-0.39, 0.29) is 5.54 Å². The van der Waals surface area contributed by atoms with Gasteiger partial charge in [0, 0.05) is 23.7 Å². The second-order valence-electron chi connectivity index (χ2n) is 5.88. The summed E-state index contributed by atoms with van der Waals surface area (Å²) in [5.41, 5.74) is 1.36. The van der Waals surface area contributed by atoms with Gasteiger partial charge in [0.1, 0.15) is 6.33 Å². The molecule has 1 aromatic heterocycles. The molecule has 1 heterocycles. The number of hydrogen-bond acceptors (Lipinski definition) is 4. The third-order valence-corrected chi connectivity index (χ3v) is 5.42. The van der Waals surface area contributed by atoms with Crippen molar-refractivity contribution in [2.24, 2.45) is 0 Å². The molecule has 3 rings (SSSR count). The Labute approximate surface area is 149 Å². The van der Waals surface area contributed by atoms with E-state index in [0.717, 1.165) is 28.6 Å². The van der Waals surface area contributed by atoms with E-state index in [9.17, 15) is 0 Å². The lowest BCUT2D eigenvalue weighted by atomic mass is 9.72. The number of rotatable bonds is 7. The molecular formula is C16H21BrN4OS. The van der Waals surface area contributed by atoms with Crippen LogP contribution < -0.4 is 5.32 Å². The maximum Gasteiger partial charge on any atom is 0.198 e. The summed E-state index contributed by atoms with van der Waals surface area (Å²) < 4.78 is 10.7. The van der Waals surface area contributed by atoms with Crippen LogP contribution in [0.5, 0.6) is 0 Å². The van der Waals surface area contributed by atoms with Crippen LogP contribution in [0.25, 0.3) is 0 Å². The predicted octanol–water partition coefficient (Wildman–Crippen LogP) is 3.45. The maximum absolute atomic E-state index is 5.48. The van der Waals surface area contributed by atoms with Gasteiger partial charge in [-0.15, -0.1) is 0 Å². The number of hydrogen-bond donors (Lipinski definition) is 1. The Morgan fingerprint density at radius 1 is 1.43 bits per heavy atom. The number of methoxy groups -OCH3 is 1. The molecule has 1 fully saturated rings. The van der Waals surface area contributed by atoms with E-state index in [1.165, 1.54) is 12.0 Å². The molecule has 1 saturated carbocycles. The van der Waals surface area contributed by atoms with Gasteiger partial charge in [0.05, 0.1) is 13.3 Å². The average molecular weight is 397 g/mol. The highest BCUT2D eigenvalue weighted by molar-refractivity contribution is 9.10. The molecular weight excluding hydrogens is 376 g/mol. The monoisotopic (exact) mass is 396 g/mol. The quantitative estimate of drug-likeness (QED) is 0.727. The Balaban J connectivity index is 1.72. The highest BCUT2D eigenvalue weighted by Crippen LogP contribution is 2.41. The SMILES string of the molecule is COCCn1cnn(CNC2(c3cccc(Br)c3)CCC2)c1=S. The lowest BCUT2D eigenvalue weighted by Crippen LogP contribution is -2.48. The fourth-order valence-electron chi connectivity index (χ4n) is 2.93. The summed E-state index contributed by atoms with van der Waals surface area (Å²) in [5, 5.41) is 8.06. The third kappa shape index (κ3) is 3.57. The van der Waals surface area contributed by atoms with Crippen molar-refractivity contribution in [1.29, 1.82) is 0 Å². The van der Waals surface area contributed by atoms with E-state index >= 15 is 0 Å². The van der Waals surface area contributed by atoms with E-state index in [0.29, 0.717) is 13.3 Å². The Kier molecular flexibility index (Phi) is 5.31. The highest BCUT2D eigenvalue weighted by atomic mass is 79.9. The molecule has 2 aromatic rings. The summed E-state index contributed by atoms with van der Waals surface area (Å²) in [7, 11) is 1.69.